The van der Waals surface area contributed by atoms with Gasteiger partial charge in [0, 0.05) is 42.6 Å². The molecule has 0 radical (unpaired) electrons. The summed E-state index contributed by atoms with van der Waals surface area (Å²) in [4.78, 5) is 94.9. The van der Waals surface area contributed by atoms with E-state index >= 15 is 0 Å². The number of ether oxygens (including phenoxy) is 1. The summed E-state index contributed by atoms with van der Waals surface area (Å²) in [5, 5.41) is 26.4. The van der Waals surface area contributed by atoms with Gasteiger partial charge in [0.15, 0.2) is 22.8 Å². The quantitative estimate of drug-likeness (QED) is 0.0365. The first kappa shape index (κ1) is 58.0. The monoisotopic (exact) mass is 1060 g/mol. The summed E-state index contributed by atoms with van der Waals surface area (Å²) in [5.74, 6) is -1.25. The van der Waals surface area contributed by atoms with Crippen LogP contribution in [0.4, 0.5) is 5.82 Å². The van der Waals surface area contributed by atoms with Crippen molar-refractivity contribution in [2.24, 2.45) is 5.41 Å². The molecule has 0 aromatic carbocycles. The largest absolute Gasteiger partial charge is 0.756 e. The number of hydrogen-bond acceptors (Lipinski definition) is 21. The van der Waals surface area contributed by atoms with Crippen molar-refractivity contribution in [1.82, 2.24) is 48.6 Å². The third-order valence-corrected chi connectivity index (χ3v) is 13.7. The first-order valence-corrected chi connectivity index (χ1v) is 26.4. The number of amides is 2. The molecular weight excluding hydrogens is 981 g/mol. The molecule has 396 valence electrons. The molecule has 1 fully saturated rings. The van der Waals surface area contributed by atoms with E-state index in [0.29, 0.717) is 31.4 Å². The van der Waals surface area contributed by atoms with E-state index in [0.717, 1.165) is 67.5 Å². The second kappa shape index (κ2) is 31.7. The molecule has 19 N–H and O–H groups in total. The predicted octanol–water partition coefficient (Wildman–Crippen LogP) is 3.38. The molecule has 27 nitrogen and oxygen atoms in total. The molecular formula is C37H75N10O17P3S. The molecule has 8 atom stereocenters. The highest BCUT2D eigenvalue weighted by Gasteiger charge is 2.48. The Morgan fingerprint density at radius 2 is 1.53 bits per heavy atom. The first-order valence-electron chi connectivity index (χ1n) is 23.0. The molecule has 0 spiro atoms. The molecule has 2 aromatic rings. The van der Waals surface area contributed by atoms with Crippen LogP contribution in [0.1, 0.15) is 129 Å². The highest BCUT2D eigenvalue weighted by Crippen LogP contribution is 2.56. The Morgan fingerprint density at radius 1 is 0.926 bits per heavy atom. The Balaban J connectivity index is 0.0000168. The summed E-state index contributed by atoms with van der Waals surface area (Å²) in [6.07, 6.45) is -3.12. The van der Waals surface area contributed by atoms with Crippen LogP contribution in [0.25, 0.3) is 11.2 Å². The SMILES string of the molecule is [2H]C([2H])(CCCC)C([2H])([2H])CCCCCCCCCC(=O)SCCNC(=O)CCNC(=O)[C@H](O)C(C)(C)COP(=O)([O-])OP(=O)([O-])OC[C@H]1O[C@@H](n2cnc3c(N)ncnc32)[C@H](O)[C@@H]1OP(=O)([O-])O.[NH4+].[NH4+].[NH4+]. The number of phosphoric ester groups is 3. The van der Waals surface area contributed by atoms with Gasteiger partial charge in [0.05, 0.1) is 19.5 Å². The highest BCUT2D eigenvalue weighted by molar-refractivity contribution is 8.13. The van der Waals surface area contributed by atoms with E-state index in [1.807, 2.05) is 6.92 Å². The number of aliphatic hydroxyl groups is 2. The molecule has 68 heavy (non-hydrogen) atoms. The standard InChI is InChI=1S/C37H66N7O17P3S.3H3N/c1-4-5-6-7-8-9-10-11-12-13-14-15-16-17-28(46)65-21-20-39-27(45)18-19-40-35(49)32(48)37(2,3)23-58-64(55,56)61-63(53,54)57-22-26-31(60-62(50,51)52)30(47)36(59-26)44-25-43-29-33(38)41-24-42-34(29)44;;;/h24-26,30-32,36,47-48H,4-23H2,1-3H3,(H,39,45)(H,40,49)(H,53,54)(H,55,56)(H2,38,41,42)(H2,50,51,52);3*1H3/t26-,30-,31-,32+,36-;;;/m1.../s1/i7D2,8D2;;;. The number of nitrogens with zero attached hydrogens (tertiary/aromatic N) is 4. The van der Waals surface area contributed by atoms with Crippen LogP contribution in [-0.4, -0.2) is 108 Å². The van der Waals surface area contributed by atoms with Crippen LogP contribution in [0.3, 0.4) is 0 Å². The number of unbranched alkanes of at least 4 members (excludes halogenated alkanes) is 7. The highest BCUT2D eigenvalue weighted by atomic mass is 32.2. The zero-order valence-corrected chi connectivity index (χ0v) is 42.9. The van der Waals surface area contributed by atoms with Crippen molar-refractivity contribution in [3.8, 4) is 0 Å². The van der Waals surface area contributed by atoms with Crippen LogP contribution in [0, 0.1) is 5.41 Å². The number of thioether (sulfide) groups is 1. The van der Waals surface area contributed by atoms with Gasteiger partial charge in [-0.25, -0.2) is 19.3 Å². The molecule has 3 unspecified atom stereocenters. The van der Waals surface area contributed by atoms with Crippen molar-refractivity contribution >= 4 is 69.1 Å². The summed E-state index contributed by atoms with van der Waals surface area (Å²) >= 11 is 1.08. The Kier molecular flexibility index (Phi) is 27.1. The summed E-state index contributed by atoms with van der Waals surface area (Å²) in [6.45, 7) is 2.02. The van der Waals surface area contributed by atoms with Crippen LogP contribution < -0.4 is 49.5 Å². The lowest BCUT2D eigenvalue weighted by atomic mass is 9.87. The maximum absolute atomic E-state index is 12.6. The third-order valence-electron chi connectivity index (χ3n) is 9.71. The van der Waals surface area contributed by atoms with E-state index in [4.69, 9.17) is 16.0 Å². The molecule has 0 bridgehead atoms. The number of aromatic nitrogens is 4. The van der Waals surface area contributed by atoms with Crippen molar-refractivity contribution in [3.05, 3.63) is 12.7 Å². The molecule has 0 saturated carbocycles. The van der Waals surface area contributed by atoms with Crippen molar-refractivity contribution in [1.29, 1.82) is 0 Å². The fourth-order valence-corrected chi connectivity index (χ4v) is 9.62. The van der Waals surface area contributed by atoms with Gasteiger partial charge in [0.25, 0.3) is 23.5 Å². The van der Waals surface area contributed by atoms with Crippen LogP contribution in [0.15, 0.2) is 12.7 Å². The number of anilines is 1. The van der Waals surface area contributed by atoms with Gasteiger partial charge < -0.3 is 82.9 Å². The van der Waals surface area contributed by atoms with E-state index in [2.05, 4.69) is 43.5 Å². The van der Waals surface area contributed by atoms with Crippen molar-refractivity contribution in [2.75, 3.05) is 37.8 Å². The molecule has 3 heterocycles. The number of carbonyl (C=O) groups is 3. The summed E-state index contributed by atoms with van der Waals surface area (Å²) in [5.41, 5.74) is 4.09. The number of quaternary nitrogens is 3. The molecule has 2 amide bonds. The number of nitrogens with two attached hydrogens (primary N) is 1. The Hall–Kier alpha value is -2.56. The van der Waals surface area contributed by atoms with Gasteiger partial charge >= 0.3 is 0 Å². The van der Waals surface area contributed by atoms with Gasteiger partial charge in [0.2, 0.25) is 11.8 Å². The van der Waals surface area contributed by atoms with Gasteiger partial charge in [-0.15, -0.1) is 0 Å². The second-order valence-electron chi connectivity index (χ2n) is 15.7. The molecule has 1 aliphatic heterocycles. The van der Waals surface area contributed by atoms with Gasteiger partial charge in [-0.2, -0.15) is 0 Å². The topological polar surface area (TPSA) is 482 Å². The summed E-state index contributed by atoms with van der Waals surface area (Å²) in [6, 6.07) is 0. The van der Waals surface area contributed by atoms with Crippen LogP contribution in [0.2, 0.25) is 0 Å². The predicted molar refractivity (Wildman–Crippen MR) is 249 cm³/mol. The van der Waals surface area contributed by atoms with Gasteiger partial charge in [-0.3, -0.25) is 32.6 Å². The number of imidazole rings is 1. The second-order valence-corrected chi connectivity index (χ2v) is 20.9. The van der Waals surface area contributed by atoms with Crippen molar-refractivity contribution in [2.45, 2.75) is 148 Å². The number of nitrogen functional groups attached to an aromatic ring is 1. The first-order chi connectivity index (χ1) is 32.0. The minimum Gasteiger partial charge on any atom is -0.756 e. The molecule has 31 heteroatoms. The van der Waals surface area contributed by atoms with E-state index in [1.165, 1.54) is 13.8 Å². The average molecular weight is 1060 g/mol. The molecule has 2 aromatic heterocycles. The molecule has 1 aliphatic rings. The lowest BCUT2D eigenvalue weighted by Gasteiger charge is -2.35. The normalized spacial score (nSPS) is 21.4. The number of carbonyl (C=O) groups excluding carboxylic acids is 3. The Bertz CT molecular complexity index is 2160. The van der Waals surface area contributed by atoms with E-state index in [1.54, 1.807) is 0 Å². The summed E-state index contributed by atoms with van der Waals surface area (Å²) < 4.78 is 93.5. The zero-order chi connectivity index (χ0) is 51.8. The van der Waals surface area contributed by atoms with Crippen LogP contribution in [-0.2, 0) is 50.7 Å². The van der Waals surface area contributed by atoms with Crippen molar-refractivity contribution in [3.63, 3.8) is 0 Å². The average Bonchev–Trinajstić information content (AvgIpc) is 3.81. The number of aliphatic hydroxyl groups excluding tert-OH is 2. The minimum atomic E-state index is -5.92. The molecule has 3 rings (SSSR count). The van der Waals surface area contributed by atoms with Crippen LogP contribution in [0.5, 0.6) is 0 Å². The number of rotatable bonds is 33. The van der Waals surface area contributed by atoms with Crippen LogP contribution >= 0.6 is 35.2 Å². The van der Waals surface area contributed by atoms with Gasteiger partial charge in [-0.05, 0) is 6.42 Å². The fraction of sp³-hybridized carbons (Fsp3) is 0.784. The molecule has 1 saturated heterocycles. The summed E-state index contributed by atoms with van der Waals surface area (Å²) in [7, 11) is -17.4. The van der Waals surface area contributed by atoms with Gasteiger partial charge in [0.1, 0.15) is 36.3 Å². The van der Waals surface area contributed by atoms with E-state index in [9.17, 15) is 57.9 Å². The number of nitrogens with one attached hydrogen (secondary N) is 2. The number of fused-ring (bicyclic) bond motifs is 1. The Morgan fingerprint density at radius 3 is 2.16 bits per heavy atom. The lowest BCUT2D eigenvalue weighted by Crippen LogP contribution is -2.46. The van der Waals surface area contributed by atoms with Gasteiger partial charge in [-0.1, -0.05) is 109 Å². The fourth-order valence-electron chi connectivity index (χ4n) is 6.16. The maximum Gasteiger partial charge on any atom is 0.274 e. The maximum atomic E-state index is 12.6. The zero-order valence-electron chi connectivity index (χ0n) is 43.4. The molecule has 0 aliphatic carbocycles. The lowest BCUT2D eigenvalue weighted by molar-refractivity contribution is -0.247. The minimum absolute atomic E-state index is 0. The van der Waals surface area contributed by atoms with E-state index in [-0.39, 0.29) is 72.9 Å². The Labute approximate surface area is 406 Å². The van der Waals surface area contributed by atoms with E-state index < -0.39 is 97.3 Å². The smallest absolute Gasteiger partial charge is 0.274 e. The number of hydrogen-bond donors (Lipinski definition) is 9. The van der Waals surface area contributed by atoms with Crippen molar-refractivity contribution < 1.29 is 86.0 Å². The number of phosphoric acid groups is 3. The third kappa shape index (κ3) is 23.6.